The molecule has 0 bridgehead atoms. The van der Waals surface area contributed by atoms with Crippen molar-refractivity contribution in [1.29, 1.82) is 0 Å². The molecule has 0 heterocycles. The van der Waals surface area contributed by atoms with Crippen LogP contribution < -0.4 is 0 Å². The molecule has 0 saturated heterocycles. The fraction of sp³-hybridized carbons (Fsp3) is 0.875. The first-order valence-corrected chi connectivity index (χ1v) is 14.7. The summed E-state index contributed by atoms with van der Waals surface area (Å²) in [4.78, 5) is 23.3. The average Bonchev–Trinajstić information content (AvgIpc) is 2.59. The highest BCUT2D eigenvalue weighted by Crippen LogP contribution is 2.62. The molecule has 0 aromatic carbocycles. The molecule has 14 heteroatoms. The van der Waals surface area contributed by atoms with E-state index in [2.05, 4.69) is 9.05 Å². The Hall–Kier alpha value is -0.0600. The number of halogens is 1. The van der Waals surface area contributed by atoms with Gasteiger partial charge >= 0.3 is 19.8 Å². The summed E-state index contributed by atoms with van der Waals surface area (Å²) in [5, 5.41) is -0.787. The van der Waals surface area contributed by atoms with Crippen LogP contribution in [0.5, 0.6) is 0 Å². The van der Waals surface area contributed by atoms with E-state index in [1.54, 1.807) is 41.5 Å². The topological polar surface area (TPSA) is 107 Å². The van der Waals surface area contributed by atoms with E-state index >= 15 is 0 Å². The molecule has 0 aromatic heterocycles. The molecule has 1 atom stereocenters. The Bertz CT molecular complexity index is 583. The minimum Gasteiger partial charge on any atom is -0.466 e. The van der Waals surface area contributed by atoms with Crippen molar-refractivity contribution in [2.24, 2.45) is 0 Å². The van der Waals surface area contributed by atoms with Crippen LogP contribution in [0.3, 0.4) is 0 Å². The van der Waals surface area contributed by atoms with Gasteiger partial charge in [-0.25, -0.2) is 4.57 Å². The minimum absolute atomic E-state index is 0.123. The summed E-state index contributed by atoms with van der Waals surface area (Å²) in [6.07, 6.45) is -0.975. The molecule has 9 nitrogen and oxygen atoms in total. The van der Waals surface area contributed by atoms with Crippen molar-refractivity contribution in [3.63, 3.8) is 0 Å². The van der Waals surface area contributed by atoms with Crippen molar-refractivity contribution in [2.75, 3.05) is 27.4 Å². The Morgan fingerprint density at radius 2 is 1.40 bits per heavy atom. The zero-order valence-electron chi connectivity index (χ0n) is 18.6. The summed E-state index contributed by atoms with van der Waals surface area (Å²) in [7, 11) is -1.49. The Morgan fingerprint density at radius 3 is 1.73 bits per heavy atom. The Kier molecular flexibility index (Phi) is 17.7. The third-order valence-corrected chi connectivity index (χ3v) is 9.80. The molecule has 0 aliphatic rings. The molecule has 0 N–H and O–H groups in total. The normalized spacial score (nSPS) is 12.9. The first-order valence-electron chi connectivity index (χ1n) is 9.14. The summed E-state index contributed by atoms with van der Waals surface area (Å²) in [6, 6.07) is 0. The van der Waals surface area contributed by atoms with Gasteiger partial charge in [0.15, 0.2) is 0 Å². The molecule has 0 radical (unpaired) electrons. The van der Waals surface area contributed by atoms with Crippen LogP contribution >= 0.6 is 25.0 Å². The van der Waals surface area contributed by atoms with Crippen LogP contribution in [0.2, 0.25) is 0 Å². The van der Waals surface area contributed by atoms with Gasteiger partial charge in [-0.05, 0) is 53.3 Å². The highest BCUT2D eigenvalue weighted by atomic mass is 32.9. The van der Waals surface area contributed by atoms with E-state index < -0.39 is 43.0 Å². The number of hydrogen-bond donors (Lipinski definition) is 0. The third kappa shape index (κ3) is 16.6. The molecule has 0 spiro atoms. The molecule has 0 fully saturated rings. The van der Waals surface area contributed by atoms with Crippen LogP contribution in [-0.4, -0.2) is 56.8 Å². The molecule has 1 unspecified atom stereocenters. The summed E-state index contributed by atoms with van der Waals surface area (Å²) in [6.45, 7) is 10.2. The van der Waals surface area contributed by atoms with Gasteiger partial charge in [-0.2, -0.15) is 0 Å². The first kappa shape index (κ1) is 32.1. The van der Waals surface area contributed by atoms with Gasteiger partial charge in [0.2, 0.25) is 5.69 Å². The molecule has 30 heavy (non-hydrogen) atoms. The second kappa shape index (κ2) is 16.6. The molecule has 0 aromatic rings. The van der Waals surface area contributed by atoms with Crippen molar-refractivity contribution >= 4 is 48.7 Å². The number of carbonyl (C=O) groups is 2. The lowest BCUT2D eigenvalue weighted by molar-refractivity contribution is -0.149. The summed E-state index contributed by atoms with van der Waals surface area (Å²) < 4.78 is 52.2. The maximum atomic E-state index is 12.7. The standard InChI is InChI=1S/C10H19O6PS2.C6H14FO3P/c1-5-15-9(11)7-8(10(12)16-6-2)19-17(18,13-3)14-4;1-5(2)9-11(7,8)10-6(3)4/h8H,5-7H2,1-4H3;5-6H,1-4H3. The van der Waals surface area contributed by atoms with Crippen molar-refractivity contribution in [1.82, 2.24) is 0 Å². The van der Waals surface area contributed by atoms with E-state index in [9.17, 15) is 18.4 Å². The quantitative estimate of drug-likeness (QED) is 0.244. The Morgan fingerprint density at radius 1 is 0.967 bits per heavy atom. The van der Waals surface area contributed by atoms with Gasteiger partial charge in [0, 0.05) is 14.2 Å². The van der Waals surface area contributed by atoms with E-state index in [0.717, 1.165) is 11.4 Å². The van der Waals surface area contributed by atoms with E-state index in [4.69, 9.17) is 30.3 Å². The Labute approximate surface area is 187 Å². The molecule has 0 aliphatic carbocycles. The zero-order chi connectivity index (χ0) is 24.0. The number of ether oxygens (including phenoxy) is 2. The fourth-order valence-electron chi connectivity index (χ4n) is 1.62. The van der Waals surface area contributed by atoms with Gasteiger partial charge in [0.25, 0.3) is 0 Å². The third-order valence-electron chi connectivity index (χ3n) is 2.58. The molecule has 0 amide bonds. The lowest BCUT2D eigenvalue weighted by Crippen LogP contribution is -2.24. The monoisotopic (exact) mass is 514 g/mol. The predicted molar refractivity (Wildman–Crippen MR) is 119 cm³/mol. The van der Waals surface area contributed by atoms with Crippen molar-refractivity contribution in [3.8, 4) is 0 Å². The summed E-state index contributed by atoms with van der Waals surface area (Å²) in [5.41, 5.74) is -2.65. The van der Waals surface area contributed by atoms with E-state index in [-0.39, 0.29) is 19.6 Å². The van der Waals surface area contributed by atoms with E-state index in [1.165, 1.54) is 14.2 Å². The fourth-order valence-corrected chi connectivity index (χ4v) is 6.54. The largest absolute Gasteiger partial charge is 0.513 e. The van der Waals surface area contributed by atoms with E-state index in [1.807, 2.05) is 0 Å². The molecule has 0 rings (SSSR count). The summed E-state index contributed by atoms with van der Waals surface area (Å²) >= 11 is 6.17. The molecular formula is C16H33FO9P2S2. The van der Waals surface area contributed by atoms with E-state index in [0.29, 0.717) is 0 Å². The van der Waals surface area contributed by atoms with Crippen LogP contribution in [0.15, 0.2) is 0 Å². The van der Waals surface area contributed by atoms with Gasteiger partial charge in [-0.3, -0.25) is 18.6 Å². The van der Waals surface area contributed by atoms with Crippen LogP contribution in [0.1, 0.15) is 48.0 Å². The maximum Gasteiger partial charge on any atom is 0.513 e. The van der Waals surface area contributed by atoms with Crippen molar-refractivity contribution in [2.45, 2.75) is 65.4 Å². The van der Waals surface area contributed by atoms with Gasteiger partial charge in [-0.1, -0.05) is 11.4 Å². The molecule has 0 aliphatic heterocycles. The molecule has 0 saturated carbocycles. The SMILES string of the molecule is CC(C)OP(=O)(F)OC(C)C.CCOC(=O)CC(SP(=S)(OC)OC)C(=O)OCC. The number of rotatable bonds is 13. The van der Waals surface area contributed by atoms with Crippen molar-refractivity contribution < 1.29 is 45.9 Å². The molecule has 180 valence electrons. The van der Waals surface area contributed by atoms with Gasteiger partial charge < -0.3 is 18.5 Å². The number of esters is 2. The Balaban J connectivity index is 0. The first-order chi connectivity index (χ1) is 13.8. The highest BCUT2D eigenvalue weighted by molar-refractivity contribution is 8.68. The average molecular weight is 515 g/mol. The lowest BCUT2D eigenvalue weighted by atomic mass is 10.3. The lowest BCUT2D eigenvalue weighted by Gasteiger charge is -2.21. The van der Waals surface area contributed by atoms with Crippen LogP contribution in [-0.2, 0) is 53.5 Å². The highest BCUT2D eigenvalue weighted by Gasteiger charge is 2.32. The second-order valence-electron chi connectivity index (χ2n) is 5.91. The minimum atomic E-state index is -4.30. The zero-order valence-corrected chi connectivity index (χ0v) is 22.0. The van der Waals surface area contributed by atoms with Crippen LogP contribution in [0.25, 0.3) is 0 Å². The van der Waals surface area contributed by atoms with Gasteiger partial charge in [0.05, 0.1) is 31.8 Å². The smallest absolute Gasteiger partial charge is 0.466 e. The number of carbonyl (C=O) groups excluding carboxylic acids is 2. The van der Waals surface area contributed by atoms with Gasteiger partial charge in [-0.15, -0.1) is 4.20 Å². The van der Waals surface area contributed by atoms with Crippen LogP contribution in [0.4, 0.5) is 4.20 Å². The van der Waals surface area contributed by atoms with Crippen molar-refractivity contribution in [3.05, 3.63) is 0 Å². The van der Waals surface area contributed by atoms with Crippen LogP contribution in [0, 0.1) is 0 Å². The predicted octanol–water partition coefficient (Wildman–Crippen LogP) is 5.04. The van der Waals surface area contributed by atoms with Gasteiger partial charge in [0.1, 0.15) is 5.25 Å². The second-order valence-corrected chi connectivity index (χ2v) is 13.8. The maximum absolute atomic E-state index is 12.7. The number of hydrogen-bond acceptors (Lipinski definition) is 11. The molecular weight excluding hydrogens is 481 g/mol. The summed E-state index contributed by atoms with van der Waals surface area (Å²) in [5.74, 6) is -1.01.